The molecule has 0 spiro atoms. The van der Waals surface area contributed by atoms with Gasteiger partial charge in [-0.05, 0) is 24.6 Å². The molecule has 2 N–H and O–H groups in total. The lowest BCUT2D eigenvalue weighted by Crippen LogP contribution is -2.05. The Balaban J connectivity index is 2.47. The summed E-state index contributed by atoms with van der Waals surface area (Å²) in [6, 6.07) is 3.56. The van der Waals surface area contributed by atoms with E-state index in [1.54, 1.807) is 25.4 Å². The molecule has 2 heterocycles. The Kier molecular flexibility index (Phi) is 2.21. The lowest BCUT2D eigenvalue weighted by atomic mass is 10.1. The maximum absolute atomic E-state index is 10.7. The predicted molar refractivity (Wildman–Crippen MR) is 53.5 cm³/mol. The highest BCUT2D eigenvalue weighted by Crippen LogP contribution is 2.17. The largest absolute Gasteiger partial charge is 0.476 e. The molecule has 0 aliphatic heterocycles. The molecule has 0 atom stereocenters. The third-order valence-electron chi connectivity index (χ3n) is 2.08. The Labute approximate surface area is 85.8 Å². The third kappa shape index (κ3) is 1.71. The van der Waals surface area contributed by atoms with Crippen LogP contribution in [0.2, 0.25) is 0 Å². The van der Waals surface area contributed by atoms with Crippen LogP contribution in [0.1, 0.15) is 16.1 Å². The summed E-state index contributed by atoms with van der Waals surface area (Å²) in [5.74, 6) is -1.05. The van der Waals surface area contributed by atoms with Crippen LogP contribution < -0.4 is 0 Å². The van der Waals surface area contributed by atoms with Gasteiger partial charge in [0.15, 0.2) is 5.69 Å². The van der Waals surface area contributed by atoms with Gasteiger partial charge >= 0.3 is 5.97 Å². The maximum atomic E-state index is 10.7. The van der Waals surface area contributed by atoms with Crippen molar-refractivity contribution in [1.29, 1.82) is 0 Å². The van der Waals surface area contributed by atoms with Crippen molar-refractivity contribution < 1.29 is 9.90 Å². The Morgan fingerprint density at radius 1 is 1.47 bits per heavy atom. The summed E-state index contributed by atoms with van der Waals surface area (Å²) >= 11 is 0. The molecule has 0 fully saturated rings. The number of carbonyl (C=O) groups is 1. The summed E-state index contributed by atoms with van der Waals surface area (Å²) < 4.78 is 0. The smallest absolute Gasteiger partial charge is 0.356 e. The number of aromatic carboxylic acids is 1. The van der Waals surface area contributed by atoms with Crippen molar-refractivity contribution in [2.45, 2.75) is 6.92 Å². The van der Waals surface area contributed by atoms with Gasteiger partial charge in [0.25, 0.3) is 0 Å². The molecule has 76 valence electrons. The topological polar surface area (TPSA) is 78.9 Å². The zero-order chi connectivity index (χ0) is 10.8. The number of aryl methyl sites for hydroxylation is 1. The quantitative estimate of drug-likeness (QED) is 0.774. The highest BCUT2D eigenvalue weighted by atomic mass is 16.4. The van der Waals surface area contributed by atoms with Crippen LogP contribution >= 0.6 is 0 Å². The lowest BCUT2D eigenvalue weighted by Gasteiger charge is -2.00. The summed E-state index contributed by atoms with van der Waals surface area (Å²) in [6.07, 6.45) is 3.56. The molecule has 2 aromatic heterocycles. The average molecular weight is 203 g/mol. The Hall–Kier alpha value is -2.17. The number of hydrogen-bond donors (Lipinski definition) is 2. The average Bonchev–Trinajstić information content (AvgIpc) is 2.69. The van der Waals surface area contributed by atoms with Gasteiger partial charge in [-0.3, -0.25) is 0 Å². The SMILES string of the molecule is Cc1cc(-c2cc[nH]c2)nnc1C(=O)O. The van der Waals surface area contributed by atoms with Crippen molar-refractivity contribution in [2.24, 2.45) is 0 Å². The first-order valence-corrected chi connectivity index (χ1v) is 4.39. The van der Waals surface area contributed by atoms with E-state index in [-0.39, 0.29) is 5.69 Å². The van der Waals surface area contributed by atoms with Gasteiger partial charge in [-0.1, -0.05) is 0 Å². The van der Waals surface area contributed by atoms with Crippen molar-refractivity contribution in [1.82, 2.24) is 15.2 Å². The standard InChI is InChI=1S/C10H9N3O2/c1-6-4-8(7-2-3-11-5-7)12-13-9(6)10(14)15/h2-5,11H,1H3,(H,14,15). The van der Waals surface area contributed by atoms with Gasteiger partial charge in [0, 0.05) is 18.0 Å². The zero-order valence-corrected chi connectivity index (χ0v) is 8.06. The molecular formula is C10H9N3O2. The number of rotatable bonds is 2. The molecule has 0 radical (unpaired) electrons. The fraction of sp³-hybridized carbons (Fsp3) is 0.100. The van der Waals surface area contributed by atoms with Crippen molar-refractivity contribution >= 4 is 5.97 Å². The minimum atomic E-state index is -1.05. The fourth-order valence-electron chi connectivity index (χ4n) is 1.32. The van der Waals surface area contributed by atoms with Gasteiger partial charge in [-0.2, -0.15) is 0 Å². The van der Waals surface area contributed by atoms with Crippen molar-refractivity contribution in [2.75, 3.05) is 0 Å². The molecule has 0 unspecified atom stereocenters. The number of hydrogen-bond acceptors (Lipinski definition) is 3. The first-order valence-electron chi connectivity index (χ1n) is 4.39. The Bertz CT molecular complexity index is 491. The second-order valence-electron chi connectivity index (χ2n) is 3.17. The van der Waals surface area contributed by atoms with E-state index in [1.165, 1.54) is 0 Å². The molecule has 0 saturated carbocycles. The molecule has 0 saturated heterocycles. The van der Waals surface area contributed by atoms with Gasteiger partial charge in [0.05, 0.1) is 5.69 Å². The van der Waals surface area contributed by atoms with Crippen molar-refractivity contribution in [3.63, 3.8) is 0 Å². The van der Waals surface area contributed by atoms with Crippen LogP contribution in [-0.4, -0.2) is 26.3 Å². The number of carboxylic acid groups (broad SMARTS) is 1. The zero-order valence-electron chi connectivity index (χ0n) is 8.06. The monoisotopic (exact) mass is 203 g/mol. The lowest BCUT2D eigenvalue weighted by molar-refractivity contribution is 0.0688. The molecule has 5 heteroatoms. The van der Waals surface area contributed by atoms with E-state index in [1.807, 2.05) is 6.07 Å². The van der Waals surface area contributed by atoms with E-state index in [2.05, 4.69) is 15.2 Å². The molecule has 2 aromatic rings. The van der Waals surface area contributed by atoms with Gasteiger partial charge in [-0.25, -0.2) is 4.79 Å². The molecule has 0 amide bonds. The number of carboxylic acids is 1. The highest BCUT2D eigenvalue weighted by Gasteiger charge is 2.11. The van der Waals surface area contributed by atoms with Gasteiger partial charge in [0.1, 0.15) is 0 Å². The van der Waals surface area contributed by atoms with Gasteiger partial charge < -0.3 is 10.1 Å². The van der Waals surface area contributed by atoms with Crippen LogP contribution in [0.25, 0.3) is 11.3 Å². The van der Waals surface area contributed by atoms with Crippen LogP contribution in [0.4, 0.5) is 0 Å². The van der Waals surface area contributed by atoms with Gasteiger partial charge in [0.2, 0.25) is 0 Å². The molecule has 15 heavy (non-hydrogen) atoms. The summed E-state index contributed by atoms with van der Waals surface area (Å²) in [5.41, 5.74) is 2.16. The van der Waals surface area contributed by atoms with E-state index < -0.39 is 5.97 Å². The minimum absolute atomic E-state index is 0.00529. The van der Waals surface area contributed by atoms with Crippen LogP contribution in [0, 0.1) is 6.92 Å². The molecular weight excluding hydrogens is 194 g/mol. The summed E-state index contributed by atoms with van der Waals surface area (Å²) in [7, 11) is 0. The number of nitrogens with one attached hydrogen (secondary N) is 1. The van der Waals surface area contributed by atoms with Crippen LogP contribution in [0.5, 0.6) is 0 Å². The molecule has 2 rings (SSSR count). The Morgan fingerprint density at radius 3 is 2.80 bits per heavy atom. The molecule has 0 aliphatic rings. The summed E-state index contributed by atoms with van der Waals surface area (Å²) in [5, 5.41) is 16.3. The number of nitrogens with zero attached hydrogens (tertiary/aromatic N) is 2. The minimum Gasteiger partial charge on any atom is -0.476 e. The van der Waals surface area contributed by atoms with Crippen LogP contribution in [0.3, 0.4) is 0 Å². The maximum Gasteiger partial charge on any atom is 0.356 e. The second-order valence-corrected chi connectivity index (χ2v) is 3.17. The van der Waals surface area contributed by atoms with Crippen molar-refractivity contribution in [3.8, 4) is 11.3 Å². The summed E-state index contributed by atoms with van der Waals surface area (Å²) in [6.45, 7) is 1.70. The molecule has 5 nitrogen and oxygen atoms in total. The molecule has 0 aliphatic carbocycles. The molecule has 0 bridgehead atoms. The van der Waals surface area contributed by atoms with E-state index >= 15 is 0 Å². The van der Waals surface area contributed by atoms with Crippen molar-refractivity contribution in [3.05, 3.63) is 35.8 Å². The van der Waals surface area contributed by atoms with E-state index in [9.17, 15) is 4.79 Å². The predicted octanol–water partition coefficient (Wildman–Crippen LogP) is 1.48. The summed E-state index contributed by atoms with van der Waals surface area (Å²) in [4.78, 5) is 13.6. The Morgan fingerprint density at radius 2 is 2.27 bits per heavy atom. The highest BCUT2D eigenvalue weighted by molar-refractivity contribution is 5.87. The first-order chi connectivity index (χ1) is 7.18. The normalized spacial score (nSPS) is 10.2. The number of aromatic nitrogens is 3. The van der Waals surface area contributed by atoms with E-state index in [4.69, 9.17) is 5.11 Å². The fourth-order valence-corrected chi connectivity index (χ4v) is 1.32. The van der Waals surface area contributed by atoms with E-state index in [0.717, 1.165) is 5.56 Å². The second kappa shape index (κ2) is 3.53. The van der Waals surface area contributed by atoms with E-state index in [0.29, 0.717) is 11.3 Å². The van der Waals surface area contributed by atoms with Gasteiger partial charge in [-0.15, -0.1) is 10.2 Å². The first kappa shape index (κ1) is 9.39. The van der Waals surface area contributed by atoms with Crippen LogP contribution in [0.15, 0.2) is 24.5 Å². The third-order valence-corrected chi connectivity index (χ3v) is 2.08. The number of aromatic amines is 1. The molecule has 0 aromatic carbocycles. The number of H-pyrrole nitrogens is 1. The van der Waals surface area contributed by atoms with Crippen LogP contribution in [-0.2, 0) is 0 Å².